The van der Waals surface area contributed by atoms with E-state index in [1.165, 1.54) is 28.4 Å². The van der Waals surface area contributed by atoms with Gasteiger partial charge in [-0.3, -0.25) is 0 Å². The van der Waals surface area contributed by atoms with E-state index < -0.39 is 0 Å². The first kappa shape index (κ1) is 12.9. The summed E-state index contributed by atoms with van der Waals surface area (Å²) in [5.74, 6) is 1.82. The fourth-order valence-electron chi connectivity index (χ4n) is 2.52. The van der Waals surface area contributed by atoms with Crippen molar-refractivity contribution >= 4 is 15.9 Å². The highest BCUT2D eigenvalue weighted by atomic mass is 79.9. The minimum absolute atomic E-state index is 0.790. The van der Waals surface area contributed by atoms with Crippen LogP contribution in [0.1, 0.15) is 24.0 Å². The zero-order valence-electron chi connectivity index (χ0n) is 10.6. The first-order valence-electron chi connectivity index (χ1n) is 6.25. The third-order valence-corrected chi connectivity index (χ3v) is 4.52. The highest BCUT2D eigenvalue weighted by Crippen LogP contribution is 2.32. The zero-order valence-corrected chi connectivity index (χ0v) is 12.1. The first-order chi connectivity index (χ1) is 8.22. The molecule has 1 aromatic rings. The summed E-state index contributed by atoms with van der Waals surface area (Å²) in [5.41, 5.74) is 2.69. The maximum Gasteiger partial charge on any atom is 0.122 e. The third-order valence-electron chi connectivity index (χ3n) is 3.66. The van der Waals surface area contributed by atoms with Gasteiger partial charge in [-0.25, -0.2) is 0 Å². The number of methoxy groups -OCH3 is 1. The molecule has 94 valence electrons. The molecule has 0 saturated carbocycles. The van der Waals surface area contributed by atoms with Gasteiger partial charge >= 0.3 is 0 Å². The Morgan fingerprint density at radius 3 is 2.71 bits per heavy atom. The Morgan fingerprint density at radius 2 is 2.06 bits per heavy atom. The number of ether oxygens (including phenoxy) is 1. The Hall–Kier alpha value is -0.540. The molecule has 0 unspecified atom stereocenters. The molecule has 1 aliphatic heterocycles. The van der Waals surface area contributed by atoms with Crippen molar-refractivity contribution in [2.45, 2.75) is 26.2 Å². The number of rotatable bonds is 3. The molecular weight excluding hydrogens is 278 g/mol. The van der Waals surface area contributed by atoms with E-state index in [1.54, 1.807) is 7.11 Å². The quantitative estimate of drug-likeness (QED) is 0.924. The van der Waals surface area contributed by atoms with E-state index in [0.717, 1.165) is 31.2 Å². The second-order valence-electron chi connectivity index (χ2n) is 4.75. The molecule has 0 aromatic heterocycles. The molecule has 0 atom stereocenters. The van der Waals surface area contributed by atoms with Crippen LogP contribution in [0.5, 0.6) is 5.75 Å². The lowest BCUT2D eigenvalue weighted by Crippen LogP contribution is -2.28. The van der Waals surface area contributed by atoms with Crippen molar-refractivity contribution < 1.29 is 4.74 Å². The van der Waals surface area contributed by atoms with Gasteiger partial charge in [0.25, 0.3) is 0 Å². The van der Waals surface area contributed by atoms with Crippen molar-refractivity contribution in [3.8, 4) is 5.75 Å². The maximum absolute atomic E-state index is 5.49. The average Bonchev–Trinajstić information content (AvgIpc) is 2.37. The average molecular weight is 298 g/mol. The van der Waals surface area contributed by atoms with E-state index in [9.17, 15) is 0 Å². The normalized spacial score (nSPS) is 17.1. The van der Waals surface area contributed by atoms with Crippen LogP contribution in [-0.4, -0.2) is 20.2 Å². The van der Waals surface area contributed by atoms with E-state index >= 15 is 0 Å². The minimum atomic E-state index is 0.790. The Kier molecular flexibility index (Phi) is 4.46. The van der Waals surface area contributed by atoms with Gasteiger partial charge in [0.1, 0.15) is 5.75 Å². The lowest BCUT2D eigenvalue weighted by molar-refractivity contribution is 0.360. The summed E-state index contributed by atoms with van der Waals surface area (Å²) in [6, 6.07) is 4.13. The maximum atomic E-state index is 5.49. The van der Waals surface area contributed by atoms with Gasteiger partial charge in [0.15, 0.2) is 0 Å². The second-order valence-corrected chi connectivity index (χ2v) is 5.61. The van der Waals surface area contributed by atoms with Crippen molar-refractivity contribution in [3.05, 3.63) is 27.7 Å². The van der Waals surface area contributed by atoms with Crippen LogP contribution in [-0.2, 0) is 6.42 Å². The molecule has 0 amide bonds. The Balaban J connectivity index is 2.20. The topological polar surface area (TPSA) is 21.3 Å². The zero-order chi connectivity index (χ0) is 12.3. The molecule has 1 N–H and O–H groups in total. The summed E-state index contributed by atoms with van der Waals surface area (Å²) in [5, 5.41) is 3.41. The Labute approximate surface area is 112 Å². The smallest absolute Gasteiger partial charge is 0.122 e. The highest BCUT2D eigenvalue weighted by molar-refractivity contribution is 9.10. The molecule has 1 aliphatic rings. The van der Waals surface area contributed by atoms with Crippen LogP contribution in [0.15, 0.2) is 16.6 Å². The molecule has 2 rings (SSSR count). The first-order valence-corrected chi connectivity index (χ1v) is 7.04. The van der Waals surface area contributed by atoms with Crippen molar-refractivity contribution in [3.63, 3.8) is 0 Å². The van der Waals surface area contributed by atoms with Gasteiger partial charge in [0, 0.05) is 4.47 Å². The van der Waals surface area contributed by atoms with E-state index in [2.05, 4.69) is 40.3 Å². The van der Waals surface area contributed by atoms with Crippen LogP contribution < -0.4 is 10.1 Å². The molecule has 17 heavy (non-hydrogen) atoms. The molecule has 1 fully saturated rings. The van der Waals surface area contributed by atoms with Crippen molar-refractivity contribution in [2.75, 3.05) is 20.2 Å². The molecule has 1 heterocycles. The molecule has 0 aliphatic carbocycles. The van der Waals surface area contributed by atoms with Gasteiger partial charge in [-0.15, -0.1) is 0 Å². The van der Waals surface area contributed by atoms with Crippen LogP contribution in [0.3, 0.4) is 0 Å². The van der Waals surface area contributed by atoms with Gasteiger partial charge in [-0.2, -0.15) is 0 Å². The summed E-state index contributed by atoms with van der Waals surface area (Å²) >= 11 is 3.61. The van der Waals surface area contributed by atoms with Crippen molar-refractivity contribution in [1.82, 2.24) is 5.32 Å². The van der Waals surface area contributed by atoms with Crippen molar-refractivity contribution in [1.29, 1.82) is 0 Å². The Morgan fingerprint density at radius 1 is 1.35 bits per heavy atom. The lowest BCUT2D eigenvalue weighted by atomic mass is 9.89. The standard InChI is InChI=1S/C14H20BrNO/c1-10-12(9-11-5-7-16-8-6-11)14(17-2)4-3-13(10)15/h3-4,11,16H,5-9H2,1-2H3. The fraction of sp³-hybridized carbons (Fsp3) is 0.571. The molecule has 1 aromatic carbocycles. The minimum Gasteiger partial charge on any atom is -0.496 e. The van der Waals surface area contributed by atoms with Crippen LogP contribution in [0.2, 0.25) is 0 Å². The summed E-state index contributed by atoms with van der Waals surface area (Å²) in [4.78, 5) is 0. The van der Waals surface area contributed by atoms with Crippen LogP contribution in [0.4, 0.5) is 0 Å². The molecule has 2 nitrogen and oxygen atoms in total. The highest BCUT2D eigenvalue weighted by Gasteiger charge is 2.18. The van der Waals surface area contributed by atoms with Gasteiger partial charge < -0.3 is 10.1 Å². The van der Waals surface area contributed by atoms with Crippen LogP contribution in [0, 0.1) is 12.8 Å². The Bertz CT molecular complexity index is 386. The van der Waals surface area contributed by atoms with Gasteiger partial charge in [0.05, 0.1) is 7.11 Å². The summed E-state index contributed by atoms with van der Waals surface area (Å²) in [6.45, 7) is 4.48. The van der Waals surface area contributed by atoms with Crippen LogP contribution in [0.25, 0.3) is 0 Å². The van der Waals surface area contributed by atoms with Gasteiger partial charge in [0.2, 0.25) is 0 Å². The number of piperidine rings is 1. The molecule has 1 saturated heterocycles. The number of nitrogens with one attached hydrogen (secondary N) is 1. The lowest BCUT2D eigenvalue weighted by Gasteiger charge is -2.24. The number of halogens is 1. The molecular formula is C14H20BrNO. The summed E-state index contributed by atoms with van der Waals surface area (Å²) < 4.78 is 6.67. The van der Waals surface area contributed by atoms with E-state index in [0.29, 0.717) is 0 Å². The van der Waals surface area contributed by atoms with E-state index in [1.807, 2.05) is 0 Å². The summed E-state index contributed by atoms with van der Waals surface area (Å²) in [6.07, 6.45) is 3.68. The molecule has 3 heteroatoms. The van der Waals surface area contributed by atoms with Gasteiger partial charge in [-0.05, 0) is 68.5 Å². The SMILES string of the molecule is COc1ccc(Br)c(C)c1CC1CCNCC1. The van der Waals surface area contributed by atoms with E-state index in [4.69, 9.17) is 4.74 Å². The number of hydrogen-bond donors (Lipinski definition) is 1. The summed E-state index contributed by atoms with van der Waals surface area (Å²) in [7, 11) is 1.76. The number of hydrogen-bond acceptors (Lipinski definition) is 2. The second kappa shape index (κ2) is 5.87. The fourth-order valence-corrected chi connectivity index (χ4v) is 2.89. The predicted octanol–water partition coefficient (Wildman–Crippen LogP) is 3.31. The molecule has 0 bridgehead atoms. The molecule has 0 spiro atoms. The van der Waals surface area contributed by atoms with Crippen molar-refractivity contribution in [2.24, 2.45) is 5.92 Å². The predicted molar refractivity (Wildman–Crippen MR) is 74.7 cm³/mol. The molecule has 0 radical (unpaired) electrons. The van der Waals surface area contributed by atoms with Gasteiger partial charge in [-0.1, -0.05) is 15.9 Å². The number of benzene rings is 1. The van der Waals surface area contributed by atoms with Crippen LogP contribution >= 0.6 is 15.9 Å². The third kappa shape index (κ3) is 3.02. The van der Waals surface area contributed by atoms with E-state index in [-0.39, 0.29) is 0 Å². The largest absolute Gasteiger partial charge is 0.496 e. The monoisotopic (exact) mass is 297 g/mol.